The van der Waals surface area contributed by atoms with Gasteiger partial charge in [-0.05, 0) is 13.0 Å². The Bertz CT molecular complexity index is 197. The zero-order valence-electron chi connectivity index (χ0n) is 6.52. The standard InChI is InChI=1S/C6H11N3.2ClH/c1-5(7)6-3-4-9(2)8-6;;/h3-5H,7H2,1-2H3;2*1H/t5-;;/m0../s1. The van der Waals surface area contributed by atoms with Crippen LogP contribution in [0.3, 0.4) is 0 Å². The van der Waals surface area contributed by atoms with Crippen molar-refractivity contribution in [1.29, 1.82) is 0 Å². The molecule has 0 radical (unpaired) electrons. The average molecular weight is 198 g/mol. The van der Waals surface area contributed by atoms with Crippen LogP contribution in [0.5, 0.6) is 0 Å². The summed E-state index contributed by atoms with van der Waals surface area (Å²) in [6.45, 7) is 1.92. The first-order chi connectivity index (χ1) is 4.20. The lowest BCUT2D eigenvalue weighted by molar-refractivity contribution is 0.699. The van der Waals surface area contributed by atoms with Gasteiger partial charge in [-0.25, -0.2) is 0 Å². The van der Waals surface area contributed by atoms with Crippen molar-refractivity contribution in [3.8, 4) is 0 Å². The Hall–Kier alpha value is -0.250. The van der Waals surface area contributed by atoms with E-state index in [0.29, 0.717) is 0 Å². The highest BCUT2D eigenvalue weighted by Gasteiger charge is 1.99. The number of aromatic nitrogens is 2. The third kappa shape index (κ3) is 3.60. The van der Waals surface area contributed by atoms with E-state index in [-0.39, 0.29) is 30.9 Å². The van der Waals surface area contributed by atoms with Gasteiger partial charge in [0, 0.05) is 19.3 Å². The minimum Gasteiger partial charge on any atom is -0.323 e. The highest BCUT2D eigenvalue weighted by atomic mass is 35.5. The maximum Gasteiger partial charge on any atom is 0.0788 e. The van der Waals surface area contributed by atoms with Crippen molar-refractivity contribution in [2.45, 2.75) is 13.0 Å². The Morgan fingerprint density at radius 2 is 2.09 bits per heavy atom. The van der Waals surface area contributed by atoms with Gasteiger partial charge in [-0.15, -0.1) is 24.8 Å². The van der Waals surface area contributed by atoms with Crippen LogP contribution in [0.1, 0.15) is 18.7 Å². The molecule has 0 aromatic carbocycles. The van der Waals surface area contributed by atoms with Gasteiger partial charge in [-0.1, -0.05) is 0 Å². The molecule has 0 aliphatic carbocycles. The van der Waals surface area contributed by atoms with Crippen molar-refractivity contribution in [3.63, 3.8) is 0 Å². The largest absolute Gasteiger partial charge is 0.323 e. The highest BCUT2D eigenvalue weighted by molar-refractivity contribution is 5.85. The van der Waals surface area contributed by atoms with Gasteiger partial charge in [0.15, 0.2) is 0 Å². The molecule has 1 aromatic heterocycles. The number of rotatable bonds is 1. The van der Waals surface area contributed by atoms with Crippen molar-refractivity contribution in [2.75, 3.05) is 0 Å². The van der Waals surface area contributed by atoms with Gasteiger partial charge in [-0.2, -0.15) is 5.10 Å². The molecular weight excluding hydrogens is 185 g/mol. The van der Waals surface area contributed by atoms with E-state index < -0.39 is 0 Å². The first kappa shape index (κ1) is 13.3. The third-order valence-electron chi connectivity index (χ3n) is 1.20. The number of halogens is 2. The quantitative estimate of drug-likeness (QED) is 0.738. The fourth-order valence-corrected chi connectivity index (χ4v) is 0.676. The van der Waals surface area contributed by atoms with E-state index in [4.69, 9.17) is 5.73 Å². The second-order valence-electron chi connectivity index (χ2n) is 2.20. The molecule has 0 bridgehead atoms. The predicted octanol–water partition coefficient (Wildman–Crippen LogP) is 1.28. The van der Waals surface area contributed by atoms with Crippen LogP contribution in [-0.2, 0) is 7.05 Å². The molecule has 1 rings (SSSR count). The average Bonchev–Trinajstić information content (AvgIpc) is 2.14. The second kappa shape index (κ2) is 5.41. The SMILES string of the molecule is C[C@H](N)c1ccn(C)n1.Cl.Cl. The van der Waals surface area contributed by atoms with Crippen LogP contribution in [0.15, 0.2) is 12.3 Å². The van der Waals surface area contributed by atoms with Gasteiger partial charge in [0.1, 0.15) is 0 Å². The molecule has 1 atom stereocenters. The fraction of sp³-hybridized carbons (Fsp3) is 0.500. The molecule has 1 aromatic rings. The van der Waals surface area contributed by atoms with E-state index in [2.05, 4.69) is 5.10 Å². The fourth-order valence-electron chi connectivity index (χ4n) is 0.676. The van der Waals surface area contributed by atoms with Gasteiger partial charge in [0.05, 0.1) is 5.69 Å². The van der Waals surface area contributed by atoms with Crippen molar-refractivity contribution in [1.82, 2.24) is 9.78 Å². The summed E-state index contributed by atoms with van der Waals surface area (Å²) in [5.41, 5.74) is 6.49. The topological polar surface area (TPSA) is 43.8 Å². The first-order valence-corrected chi connectivity index (χ1v) is 2.95. The smallest absolute Gasteiger partial charge is 0.0788 e. The van der Waals surface area contributed by atoms with Gasteiger partial charge >= 0.3 is 0 Å². The Kier molecular flexibility index (Phi) is 6.56. The molecular formula is C6H13Cl2N3. The molecule has 11 heavy (non-hydrogen) atoms. The number of hydrogen-bond acceptors (Lipinski definition) is 2. The molecule has 0 saturated heterocycles. The molecule has 0 amide bonds. The summed E-state index contributed by atoms with van der Waals surface area (Å²) < 4.78 is 1.75. The summed E-state index contributed by atoms with van der Waals surface area (Å²) in [6, 6.07) is 1.97. The summed E-state index contributed by atoms with van der Waals surface area (Å²) in [5, 5.41) is 4.10. The Morgan fingerprint density at radius 3 is 2.27 bits per heavy atom. The van der Waals surface area contributed by atoms with Crippen LogP contribution in [0.25, 0.3) is 0 Å². The van der Waals surface area contributed by atoms with Crippen LogP contribution in [0.2, 0.25) is 0 Å². The minimum absolute atomic E-state index is 0. The second-order valence-corrected chi connectivity index (χ2v) is 2.20. The molecule has 66 valence electrons. The zero-order valence-corrected chi connectivity index (χ0v) is 8.15. The molecule has 0 saturated carbocycles. The lowest BCUT2D eigenvalue weighted by atomic mass is 10.3. The van der Waals surface area contributed by atoms with Gasteiger partial charge < -0.3 is 5.73 Å². The molecule has 0 fully saturated rings. The molecule has 0 unspecified atom stereocenters. The van der Waals surface area contributed by atoms with Crippen molar-refractivity contribution >= 4 is 24.8 Å². The number of hydrogen-bond donors (Lipinski definition) is 1. The van der Waals surface area contributed by atoms with E-state index in [0.717, 1.165) is 5.69 Å². The highest BCUT2D eigenvalue weighted by Crippen LogP contribution is 2.03. The first-order valence-electron chi connectivity index (χ1n) is 2.95. The van der Waals surface area contributed by atoms with Crippen LogP contribution in [0, 0.1) is 0 Å². The summed E-state index contributed by atoms with van der Waals surface area (Å²) >= 11 is 0. The van der Waals surface area contributed by atoms with E-state index in [9.17, 15) is 0 Å². The lowest BCUT2D eigenvalue weighted by Crippen LogP contribution is -2.06. The summed E-state index contributed by atoms with van der Waals surface area (Å²) in [4.78, 5) is 0. The normalized spacial score (nSPS) is 11.2. The van der Waals surface area contributed by atoms with E-state index >= 15 is 0 Å². The summed E-state index contributed by atoms with van der Waals surface area (Å²) in [7, 11) is 1.88. The Balaban J connectivity index is 0. The maximum atomic E-state index is 5.55. The van der Waals surface area contributed by atoms with E-state index in [1.54, 1.807) is 4.68 Å². The molecule has 2 N–H and O–H groups in total. The van der Waals surface area contributed by atoms with Crippen LogP contribution < -0.4 is 5.73 Å². The molecule has 3 nitrogen and oxygen atoms in total. The van der Waals surface area contributed by atoms with Gasteiger partial charge in [0.25, 0.3) is 0 Å². The maximum absolute atomic E-state index is 5.55. The van der Waals surface area contributed by atoms with Crippen molar-refractivity contribution < 1.29 is 0 Å². The number of nitrogens with zero attached hydrogens (tertiary/aromatic N) is 2. The van der Waals surface area contributed by atoms with Crippen LogP contribution in [-0.4, -0.2) is 9.78 Å². The number of aryl methyl sites for hydroxylation is 1. The number of nitrogens with two attached hydrogens (primary N) is 1. The van der Waals surface area contributed by atoms with E-state index in [1.807, 2.05) is 26.2 Å². The van der Waals surface area contributed by atoms with Crippen LogP contribution in [0.4, 0.5) is 0 Å². The molecule has 5 heteroatoms. The van der Waals surface area contributed by atoms with E-state index in [1.165, 1.54) is 0 Å². The van der Waals surface area contributed by atoms with Crippen LogP contribution >= 0.6 is 24.8 Å². The molecule has 0 aliphatic heterocycles. The van der Waals surface area contributed by atoms with Crippen molar-refractivity contribution in [2.24, 2.45) is 12.8 Å². The van der Waals surface area contributed by atoms with Gasteiger partial charge in [0.2, 0.25) is 0 Å². The van der Waals surface area contributed by atoms with Gasteiger partial charge in [-0.3, -0.25) is 4.68 Å². The Morgan fingerprint density at radius 1 is 1.55 bits per heavy atom. The Labute approximate surface area is 78.8 Å². The molecule has 0 aliphatic rings. The summed E-state index contributed by atoms with van der Waals surface area (Å²) in [5.74, 6) is 0. The molecule has 1 heterocycles. The lowest BCUT2D eigenvalue weighted by Gasteiger charge is -1.96. The third-order valence-corrected chi connectivity index (χ3v) is 1.20. The predicted molar refractivity (Wildman–Crippen MR) is 50.3 cm³/mol. The zero-order chi connectivity index (χ0) is 6.85. The summed E-state index contributed by atoms with van der Waals surface area (Å²) in [6.07, 6.45) is 1.89. The molecule has 0 spiro atoms. The van der Waals surface area contributed by atoms with Crippen molar-refractivity contribution in [3.05, 3.63) is 18.0 Å². The monoisotopic (exact) mass is 197 g/mol. The minimum atomic E-state index is 0.